The lowest BCUT2D eigenvalue weighted by Gasteiger charge is -2.07. The monoisotopic (exact) mass is 426 g/mol. The van der Waals surface area contributed by atoms with Crippen molar-refractivity contribution in [2.24, 2.45) is 0 Å². The Bertz CT molecular complexity index is 1040. The molecule has 0 bridgehead atoms. The predicted molar refractivity (Wildman–Crippen MR) is 101 cm³/mol. The van der Waals surface area contributed by atoms with Gasteiger partial charge in [0.25, 0.3) is 5.89 Å². The van der Waals surface area contributed by atoms with Gasteiger partial charge in [-0.1, -0.05) is 21.1 Å². The molecule has 3 aromatic heterocycles. The highest BCUT2D eigenvalue weighted by Gasteiger charge is 2.15. The number of carbonyl (C=O) groups is 1. The van der Waals surface area contributed by atoms with Crippen LogP contribution in [0, 0.1) is 0 Å². The molecule has 0 fully saturated rings. The highest BCUT2D eigenvalue weighted by molar-refractivity contribution is 9.10. The number of benzene rings is 1. The van der Waals surface area contributed by atoms with E-state index >= 15 is 0 Å². The van der Waals surface area contributed by atoms with Gasteiger partial charge in [0.2, 0.25) is 11.7 Å². The van der Waals surface area contributed by atoms with Gasteiger partial charge in [0, 0.05) is 16.2 Å². The molecule has 0 saturated carbocycles. The second-order valence-electron chi connectivity index (χ2n) is 5.81. The van der Waals surface area contributed by atoms with E-state index in [0.29, 0.717) is 29.7 Å². The van der Waals surface area contributed by atoms with Crippen LogP contribution in [0.4, 0.5) is 0 Å². The Morgan fingerprint density at radius 3 is 2.78 bits per heavy atom. The maximum absolute atomic E-state index is 12.2. The number of aromatic nitrogens is 3. The van der Waals surface area contributed by atoms with Crippen LogP contribution in [0.5, 0.6) is 0 Å². The Morgan fingerprint density at radius 2 is 2.00 bits per heavy atom. The van der Waals surface area contributed by atoms with E-state index < -0.39 is 0 Å². The average molecular weight is 427 g/mol. The van der Waals surface area contributed by atoms with Crippen molar-refractivity contribution in [3.05, 3.63) is 71.2 Å². The summed E-state index contributed by atoms with van der Waals surface area (Å²) >= 11 is 3.40. The molecule has 136 valence electrons. The molecular formula is C19H15BrN4O3. The van der Waals surface area contributed by atoms with Gasteiger partial charge < -0.3 is 18.8 Å². The van der Waals surface area contributed by atoms with Crippen molar-refractivity contribution >= 4 is 21.8 Å². The number of hydrogen-bond donors (Lipinski definition) is 1. The topological polar surface area (TPSA) is 86.1 Å². The Morgan fingerprint density at radius 1 is 1.15 bits per heavy atom. The fraction of sp³-hybridized carbons (Fsp3) is 0.105. The van der Waals surface area contributed by atoms with Crippen LogP contribution in [0.15, 0.2) is 74.4 Å². The smallest absolute Gasteiger partial charge is 0.274 e. The molecule has 27 heavy (non-hydrogen) atoms. The molecule has 1 amide bonds. The molecule has 0 aliphatic rings. The van der Waals surface area contributed by atoms with Gasteiger partial charge in [-0.3, -0.25) is 4.79 Å². The molecule has 0 atom stereocenters. The van der Waals surface area contributed by atoms with Gasteiger partial charge in [-0.05, 0) is 48.5 Å². The van der Waals surface area contributed by atoms with E-state index in [1.54, 1.807) is 23.1 Å². The van der Waals surface area contributed by atoms with Crippen LogP contribution in [0.25, 0.3) is 23.0 Å². The lowest BCUT2D eigenvalue weighted by atomic mass is 10.2. The van der Waals surface area contributed by atoms with Gasteiger partial charge in [0.05, 0.1) is 12.8 Å². The van der Waals surface area contributed by atoms with Crippen molar-refractivity contribution in [1.29, 1.82) is 0 Å². The summed E-state index contributed by atoms with van der Waals surface area (Å²) in [6.45, 7) is 0.482. The van der Waals surface area contributed by atoms with Gasteiger partial charge in [-0.15, -0.1) is 0 Å². The largest absolute Gasteiger partial charge is 0.467 e. The first-order valence-corrected chi connectivity index (χ1v) is 9.02. The average Bonchev–Trinajstić information content (AvgIpc) is 3.42. The highest BCUT2D eigenvalue weighted by Crippen LogP contribution is 2.24. The van der Waals surface area contributed by atoms with Crippen LogP contribution >= 0.6 is 15.9 Å². The lowest BCUT2D eigenvalue weighted by molar-refractivity contribution is -0.121. The fourth-order valence-electron chi connectivity index (χ4n) is 2.60. The molecule has 4 rings (SSSR count). The molecule has 0 unspecified atom stereocenters. The summed E-state index contributed by atoms with van der Waals surface area (Å²) in [4.78, 5) is 16.6. The molecular weight excluding hydrogens is 412 g/mol. The van der Waals surface area contributed by atoms with E-state index in [-0.39, 0.29) is 12.5 Å². The molecule has 8 heteroatoms. The summed E-state index contributed by atoms with van der Waals surface area (Å²) in [6, 6.07) is 14.9. The summed E-state index contributed by atoms with van der Waals surface area (Å²) < 4.78 is 13.3. The van der Waals surface area contributed by atoms with Crippen LogP contribution in [0.2, 0.25) is 0 Å². The zero-order valence-corrected chi connectivity index (χ0v) is 15.7. The zero-order chi connectivity index (χ0) is 18.6. The minimum atomic E-state index is -0.142. The first-order chi connectivity index (χ1) is 13.2. The van der Waals surface area contributed by atoms with Crippen molar-refractivity contribution in [1.82, 2.24) is 20.0 Å². The van der Waals surface area contributed by atoms with Crippen LogP contribution in [0.3, 0.4) is 0 Å². The number of carbonyl (C=O) groups excluding carboxylic acids is 1. The molecule has 4 aromatic rings. The molecule has 0 aliphatic carbocycles. The third-order valence-corrected chi connectivity index (χ3v) is 4.46. The van der Waals surface area contributed by atoms with Crippen molar-refractivity contribution in [2.45, 2.75) is 13.1 Å². The second kappa shape index (κ2) is 7.63. The van der Waals surface area contributed by atoms with Crippen molar-refractivity contribution in [3.8, 4) is 23.0 Å². The third-order valence-electron chi connectivity index (χ3n) is 3.93. The number of nitrogens with zero attached hydrogens (tertiary/aromatic N) is 3. The predicted octanol–water partition coefficient (Wildman–Crippen LogP) is 3.88. The number of nitrogens with one attached hydrogen (secondary N) is 1. The zero-order valence-electron chi connectivity index (χ0n) is 14.1. The van der Waals surface area contributed by atoms with E-state index in [4.69, 9.17) is 8.94 Å². The minimum absolute atomic E-state index is 0.138. The standard InChI is InChI=1S/C19H15BrN4O3/c20-14-7-5-13(6-8-14)18-22-19(27-23-18)16-4-1-9-24(16)12-17(25)21-11-15-3-2-10-26-15/h1-10H,11-12H2,(H,21,25). The Kier molecular flexibility index (Phi) is 4.88. The van der Waals surface area contributed by atoms with Crippen LogP contribution in [0.1, 0.15) is 5.76 Å². The van der Waals surface area contributed by atoms with Gasteiger partial charge in [0.1, 0.15) is 18.0 Å². The van der Waals surface area contributed by atoms with Crippen LogP contribution < -0.4 is 5.32 Å². The summed E-state index contributed by atoms with van der Waals surface area (Å²) in [6.07, 6.45) is 3.37. The Hall–Kier alpha value is -3.13. The SMILES string of the molecule is O=C(Cn1cccc1-c1nc(-c2ccc(Br)cc2)no1)NCc1ccco1. The third kappa shape index (κ3) is 4.01. The van der Waals surface area contributed by atoms with Crippen molar-refractivity contribution in [2.75, 3.05) is 0 Å². The van der Waals surface area contributed by atoms with E-state index in [1.165, 1.54) is 0 Å². The van der Waals surface area contributed by atoms with Gasteiger partial charge in [-0.25, -0.2) is 0 Å². The number of halogens is 1. The van der Waals surface area contributed by atoms with E-state index in [2.05, 4.69) is 31.4 Å². The second-order valence-corrected chi connectivity index (χ2v) is 6.72. The first-order valence-electron chi connectivity index (χ1n) is 8.23. The number of furan rings is 1. The molecule has 0 saturated heterocycles. The highest BCUT2D eigenvalue weighted by atomic mass is 79.9. The van der Waals surface area contributed by atoms with Crippen molar-refractivity contribution < 1.29 is 13.7 Å². The van der Waals surface area contributed by atoms with Crippen LogP contribution in [-0.4, -0.2) is 20.6 Å². The summed E-state index contributed by atoms with van der Waals surface area (Å²) in [5.74, 6) is 1.41. The molecule has 1 N–H and O–H groups in total. The van der Waals surface area contributed by atoms with E-state index in [0.717, 1.165) is 10.0 Å². The molecule has 3 heterocycles. The maximum atomic E-state index is 12.2. The number of amides is 1. The van der Waals surface area contributed by atoms with Gasteiger partial charge in [-0.2, -0.15) is 4.98 Å². The number of rotatable bonds is 6. The summed E-state index contributed by atoms with van der Waals surface area (Å²) in [5.41, 5.74) is 1.53. The Labute approximate surface area is 163 Å². The van der Waals surface area contributed by atoms with E-state index in [9.17, 15) is 4.79 Å². The Balaban J connectivity index is 1.47. The van der Waals surface area contributed by atoms with Crippen LogP contribution in [-0.2, 0) is 17.9 Å². The van der Waals surface area contributed by atoms with Crippen molar-refractivity contribution in [3.63, 3.8) is 0 Å². The normalized spacial score (nSPS) is 10.9. The molecule has 0 radical (unpaired) electrons. The molecule has 7 nitrogen and oxygen atoms in total. The quantitative estimate of drug-likeness (QED) is 0.505. The first kappa shape index (κ1) is 17.3. The molecule has 0 aliphatic heterocycles. The van der Waals surface area contributed by atoms with Gasteiger partial charge >= 0.3 is 0 Å². The number of hydrogen-bond acceptors (Lipinski definition) is 5. The lowest BCUT2D eigenvalue weighted by Crippen LogP contribution is -2.26. The fourth-order valence-corrected chi connectivity index (χ4v) is 2.86. The minimum Gasteiger partial charge on any atom is -0.467 e. The maximum Gasteiger partial charge on any atom is 0.274 e. The van der Waals surface area contributed by atoms with E-state index in [1.807, 2.05) is 42.5 Å². The summed E-state index contributed by atoms with van der Waals surface area (Å²) in [7, 11) is 0. The van der Waals surface area contributed by atoms with Gasteiger partial charge in [0.15, 0.2) is 0 Å². The molecule has 0 spiro atoms. The molecule has 1 aromatic carbocycles. The summed E-state index contributed by atoms with van der Waals surface area (Å²) in [5, 5.41) is 6.85.